The lowest BCUT2D eigenvalue weighted by Crippen LogP contribution is -2.43. The number of carbonyl (C=O) groups is 1. The van der Waals surface area contributed by atoms with E-state index in [1.54, 1.807) is 11.3 Å². The summed E-state index contributed by atoms with van der Waals surface area (Å²) in [5, 5.41) is 5.10. The second-order valence-corrected chi connectivity index (χ2v) is 7.60. The van der Waals surface area contributed by atoms with Crippen LogP contribution >= 0.6 is 22.7 Å². The molecule has 0 aromatic carbocycles. The van der Waals surface area contributed by atoms with Gasteiger partial charge in [-0.2, -0.15) is 0 Å². The lowest BCUT2D eigenvalue weighted by molar-refractivity contribution is -0.00345. The van der Waals surface area contributed by atoms with Crippen LogP contribution in [0.2, 0.25) is 0 Å². The zero-order valence-electron chi connectivity index (χ0n) is 12.8. The third kappa shape index (κ3) is 3.00. The predicted molar refractivity (Wildman–Crippen MR) is 92.5 cm³/mol. The summed E-state index contributed by atoms with van der Waals surface area (Å²) in [4.78, 5) is 22.6. The Morgan fingerprint density at radius 3 is 2.91 bits per heavy atom. The molecule has 7 heteroatoms. The first-order valence-corrected chi connectivity index (χ1v) is 9.71. The van der Waals surface area contributed by atoms with Crippen LogP contribution in [-0.4, -0.2) is 48.6 Å². The van der Waals surface area contributed by atoms with Gasteiger partial charge in [-0.15, -0.1) is 22.7 Å². The Hall–Kier alpha value is -1.44. The molecule has 0 aliphatic carbocycles. The summed E-state index contributed by atoms with van der Waals surface area (Å²) < 4.78 is 5.63. The molecular weight excluding hydrogens is 330 g/mol. The molecule has 0 bridgehead atoms. The molecule has 1 amide bonds. The molecule has 0 N–H and O–H groups in total. The van der Waals surface area contributed by atoms with Crippen LogP contribution in [0.25, 0.3) is 0 Å². The van der Waals surface area contributed by atoms with Gasteiger partial charge in [-0.05, 0) is 24.3 Å². The van der Waals surface area contributed by atoms with Crippen LogP contribution < -0.4 is 4.90 Å². The molecular formula is C16H19N3O2S2. The average molecular weight is 349 g/mol. The number of hydrogen-bond acceptors (Lipinski definition) is 6. The Morgan fingerprint density at radius 2 is 2.13 bits per heavy atom. The summed E-state index contributed by atoms with van der Waals surface area (Å²) >= 11 is 3.17. The number of aromatic nitrogens is 1. The molecule has 23 heavy (non-hydrogen) atoms. The number of carbonyl (C=O) groups excluding carboxylic acids is 1. The zero-order chi connectivity index (χ0) is 15.6. The molecule has 2 aromatic rings. The fourth-order valence-corrected chi connectivity index (χ4v) is 4.72. The molecule has 0 spiro atoms. The molecule has 2 aromatic heterocycles. The molecule has 2 saturated heterocycles. The minimum absolute atomic E-state index is 0.0778. The van der Waals surface area contributed by atoms with Crippen molar-refractivity contribution in [2.24, 2.45) is 0 Å². The average Bonchev–Trinajstić information content (AvgIpc) is 3.35. The summed E-state index contributed by atoms with van der Waals surface area (Å²) in [6.45, 7) is 3.92. The number of thiazole rings is 1. The number of rotatable bonds is 3. The first-order valence-electron chi connectivity index (χ1n) is 7.95. The zero-order valence-corrected chi connectivity index (χ0v) is 14.4. The van der Waals surface area contributed by atoms with E-state index in [4.69, 9.17) is 9.72 Å². The Kier molecular flexibility index (Phi) is 4.33. The van der Waals surface area contributed by atoms with Crippen LogP contribution in [0.5, 0.6) is 0 Å². The fraction of sp³-hybridized carbons (Fsp3) is 0.500. The van der Waals surface area contributed by atoms with E-state index >= 15 is 0 Å². The van der Waals surface area contributed by atoms with Gasteiger partial charge in [0.25, 0.3) is 5.91 Å². The van der Waals surface area contributed by atoms with Gasteiger partial charge in [0.05, 0.1) is 29.8 Å². The van der Waals surface area contributed by atoms with Gasteiger partial charge in [-0.3, -0.25) is 4.79 Å². The lowest BCUT2D eigenvalue weighted by atomic mass is 10.1. The number of thiophene rings is 1. The van der Waals surface area contributed by atoms with Crippen molar-refractivity contribution in [2.75, 3.05) is 37.7 Å². The predicted octanol–water partition coefficient (Wildman–Crippen LogP) is 3.02. The molecule has 2 aliphatic heterocycles. The molecule has 4 rings (SSSR count). The first-order chi connectivity index (χ1) is 11.3. The van der Waals surface area contributed by atoms with Gasteiger partial charge in [-0.1, -0.05) is 6.07 Å². The number of nitrogens with zero attached hydrogens (tertiary/aromatic N) is 3. The highest BCUT2D eigenvalue weighted by atomic mass is 32.1. The molecule has 122 valence electrons. The van der Waals surface area contributed by atoms with Gasteiger partial charge in [-0.25, -0.2) is 4.98 Å². The number of anilines is 1. The van der Waals surface area contributed by atoms with Gasteiger partial charge in [0.2, 0.25) is 0 Å². The van der Waals surface area contributed by atoms with Crippen molar-refractivity contribution in [3.63, 3.8) is 0 Å². The maximum absolute atomic E-state index is 12.8. The van der Waals surface area contributed by atoms with Gasteiger partial charge in [0, 0.05) is 25.0 Å². The summed E-state index contributed by atoms with van der Waals surface area (Å²) in [6.07, 6.45) is 2.48. The van der Waals surface area contributed by atoms with Crippen molar-refractivity contribution in [2.45, 2.75) is 18.9 Å². The highest BCUT2D eigenvalue weighted by Crippen LogP contribution is 2.32. The van der Waals surface area contributed by atoms with Crippen molar-refractivity contribution < 1.29 is 9.53 Å². The molecule has 0 radical (unpaired) electrons. The van der Waals surface area contributed by atoms with Gasteiger partial charge < -0.3 is 14.5 Å². The SMILES string of the molecule is O=C(c1cccs1)N1CCOC[C@@H]1c1csc(N2CCCC2)n1. The molecule has 2 aliphatic rings. The van der Waals surface area contributed by atoms with E-state index in [1.165, 1.54) is 24.2 Å². The van der Waals surface area contributed by atoms with E-state index in [0.717, 1.165) is 28.8 Å². The summed E-state index contributed by atoms with van der Waals surface area (Å²) in [5.74, 6) is 0.0871. The van der Waals surface area contributed by atoms with Crippen molar-refractivity contribution in [3.05, 3.63) is 33.5 Å². The Labute approximate surface area is 143 Å². The molecule has 1 atom stereocenters. The molecule has 0 saturated carbocycles. The van der Waals surface area contributed by atoms with Crippen molar-refractivity contribution in [1.29, 1.82) is 0 Å². The highest BCUT2D eigenvalue weighted by Gasteiger charge is 2.32. The van der Waals surface area contributed by atoms with Gasteiger partial charge in [0.15, 0.2) is 5.13 Å². The number of amides is 1. The largest absolute Gasteiger partial charge is 0.377 e. The Bertz CT molecular complexity index is 665. The maximum Gasteiger partial charge on any atom is 0.264 e. The lowest BCUT2D eigenvalue weighted by Gasteiger charge is -2.34. The fourth-order valence-electron chi connectivity index (χ4n) is 3.12. The smallest absolute Gasteiger partial charge is 0.264 e. The van der Waals surface area contributed by atoms with E-state index < -0.39 is 0 Å². The minimum atomic E-state index is -0.0778. The minimum Gasteiger partial charge on any atom is -0.377 e. The molecule has 5 nitrogen and oxygen atoms in total. The normalized spacial score (nSPS) is 21.8. The van der Waals surface area contributed by atoms with E-state index in [1.807, 2.05) is 22.4 Å². The standard InChI is InChI=1S/C16H19N3O2S2/c20-15(14-4-3-9-22-14)19-7-8-21-10-13(19)12-11-23-16(17-12)18-5-1-2-6-18/h3-4,9,11,13H,1-2,5-8,10H2/t13-/m1/s1. The molecule has 0 unspecified atom stereocenters. The van der Waals surface area contributed by atoms with Crippen LogP contribution in [0, 0.1) is 0 Å². The molecule has 2 fully saturated rings. The second kappa shape index (κ2) is 6.59. The van der Waals surface area contributed by atoms with Crippen LogP contribution in [0.3, 0.4) is 0 Å². The van der Waals surface area contributed by atoms with E-state index in [2.05, 4.69) is 10.3 Å². The second-order valence-electron chi connectivity index (χ2n) is 5.82. The van der Waals surface area contributed by atoms with Crippen LogP contribution in [0.15, 0.2) is 22.9 Å². The van der Waals surface area contributed by atoms with Crippen molar-refractivity contribution >= 4 is 33.7 Å². The topological polar surface area (TPSA) is 45.7 Å². The van der Waals surface area contributed by atoms with Crippen molar-refractivity contribution in [1.82, 2.24) is 9.88 Å². The number of morpholine rings is 1. The number of ether oxygens (including phenoxy) is 1. The third-order valence-electron chi connectivity index (χ3n) is 4.35. The van der Waals surface area contributed by atoms with E-state index in [-0.39, 0.29) is 11.9 Å². The summed E-state index contributed by atoms with van der Waals surface area (Å²) in [5.41, 5.74) is 0.960. The maximum atomic E-state index is 12.8. The first kappa shape index (κ1) is 15.1. The molecule has 4 heterocycles. The van der Waals surface area contributed by atoms with Crippen LogP contribution in [-0.2, 0) is 4.74 Å². The Balaban J connectivity index is 1.56. The van der Waals surface area contributed by atoms with E-state index in [0.29, 0.717) is 19.8 Å². The van der Waals surface area contributed by atoms with E-state index in [9.17, 15) is 4.79 Å². The number of hydrogen-bond donors (Lipinski definition) is 0. The highest BCUT2D eigenvalue weighted by molar-refractivity contribution is 7.13. The quantitative estimate of drug-likeness (QED) is 0.854. The van der Waals surface area contributed by atoms with Crippen LogP contribution in [0.1, 0.15) is 34.2 Å². The Morgan fingerprint density at radius 1 is 1.26 bits per heavy atom. The summed E-state index contributed by atoms with van der Waals surface area (Å²) in [6, 6.07) is 3.73. The third-order valence-corrected chi connectivity index (χ3v) is 6.13. The van der Waals surface area contributed by atoms with Gasteiger partial charge >= 0.3 is 0 Å². The van der Waals surface area contributed by atoms with Gasteiger partial charge in [0.1, 0.15) is 0 Å². The van der Waals surface area contributed by atoms with Crippen molar-refractivity contribution in [3.8, 4) is 0 Å². The monoisotopic (exact) mass is 349 g/mol. The van der Waals surface area contributed by atoms with Crippen LogP contribution in [0.4, 0.5) is 5.13 Å². The summed E-state index contributed by atoms with van der Waals surface area (Å²) in [7, 11) is 0.